The minimum absolute atomic E-state index is 0.0357. The van der Waals surface area contributed by atoms with Crippen LogP contribution in [0.4, 0.5) is 10.3 Å². The van der Waals surface area contributed by atoms with Crippen molar-refractivity contribution in [1.29, 1.82) is 5.41 Å². The highest BCUT2D eigenvalue weighted by Crippen LogP contribution is 2.57. The van der Waals surface area contributed by atoms with Crippen LogP contribution in [0.15, 0.2) is 22.4 Å². The second-order valence-corrected chi connectivity index (χ2v) is 14.4. The Hall–Kier alpha value is -3.04. The molecule has 7 N–H and O–H groups in total. The SMILES string of the molecule is COC1C2CO[PH](=O)NC3C(CO[P@](=O)(S)OC1C(n1cnc4c(=O)[nH]c(N)nc41)O2)OC(n1cnc(/C(N)=N\C=N)c1C)C3F. The van der Waals surface area contributed by atoms with Crippen molar-refractivity contribution < 1.29 is 41.3 Å². The van der Waals surface area contributed by atoms with E-state index in [2.05, 4.69) is 42.3 Å². The van der Waals surface area contributed by atoms with Gasteiger partial charge in [-0.05, 0) is 6.92 Å². The quantitative estimate of drug-likeness (QED) is 0.0895. The van der Waals surface area contributed by atoms with Gasteiger partial charge in [0.05, 0.1) is 31.9 Å². The molecule has 3 fully saturated rings. The van der Waals surface area contributed by atoms with Crippen LogP contribution in [0.25, 0.3) is 11.2 Å². The molecule has 20 nitrogen and oxygen atoms in total. The van der Waals surface area contributed by atoms with Crippen molar-refractivity contribution >= 4 is 56.5 Å². The predicted octanol–water partition coefficient (Wildman–Crippen LogP) is 0.185. The van der Waals surface area contributed by atoms with E-state index >= 15 is 4.39 Å². The summed E-state index contributed by atoms with van der Waals surface area (Å²) in [7, 11) is -1.82. The van der Waals surface area contributed by atoms with Crippen molar-refractivity contribution in [3.8, 4) is 0 Å². The largest absolute Gasteiger partial charge is 0.386 e. The second kappa shape index (κ2) is 12.9. The number of hydrogen-bond donors (Lipinski definition) is 6. The number of alkyl halides is 1. The fourth-order valence-corrected chi connectivity index (χ4v) is 8.07. The molecule has 0 amide bonds. The monoisotopic (exact) mass is 705 g/mol. The van der Waals surface area contributed by atoms with Gasteiger partial charge in [-0.15, -0.1) is 0 Å². The minimum atomic E-state index is -4.30. The molecule has 46 heavy (non-hydrogen) atoms. The molecule has 250 valence electrons. The number of halogens is 1. The molecule has 0 aliphatic carbocycles. The number of aromatic nitrogens is 6. The smallest absolute Gasteiger partial charge is 0.382 e. The first-order valence-corrected chi connectivity index (χ1v) is 17.6. The molecule has 0 spiro atoms. The number of thiol groups is 1. The van der Waals surface area contributed by atoms with E-state index in [9.17, 15) is 13.9 Å². The molecule has 3 aromatic heterocycles. The molecule has 10 atom stereocenters. The molecule has 0 radical (unpaired) electrons. The van der Waals surface area contributed by atoms with E-state index in [1.165, 1.54) is 28.9 Å². The van der Waals surface area contributed by atoms with Crippen LogP contribution in [-0.2, 0) is 36.9 Å². The molecule has 3 aliphatic heterocycles. The number of aromatic amines is 1. The van der Waals surface area contributed by atoms with Crippen molar-refractivity contribution in [2.24, 2.45) is 10.7 Å². The first kappa shape index (κ1) is 32.9. The van der Waals surface area contributed by atoms with Gasteiger partial charge in [0.15, 0.2) is 35.6 Å². The third-order valence-corrected chi connectivity index (χ3v) is 10.3. The van der Waals surface area contributed by atoms with Crippen molar-refractivity contribution in [3.63, 3.8) is 0 Å². The average molecular weight is 706 g/mol. The van der Waals surface area contributed by atoms with Gasteiger partial charge in [-0.1, -0.05) is 12.2 Å². The molecule has 3 aromatic rings. The number of H-pyrrole nitrogens is 1. The van der Waals surface area contributed by atoms with Crippen molar-refractivity contribution in [2.75, 3.05) is 26.1 Å². The maximum absolute atomic E-state index is 16.0. The lowest BCUT2D eigenvalue weighted by Gasteiger charge is -2.27. The Bertz CT molecular complexity index is 1810. The van der Waals surface area contributed by atoms with Crippen LogP contribution >= 0.6 is 27.2 Å². The fraction of sp³-hybridized carbons (Fsp3) is 0.545. The van der Waals surface area contributed by atoms with Crippen LogP contribution in [0.3, 0.4) is 0 Å². The Morgan fingerprint density at radius 2 is 2.02 bits per heavy atom. The van der Waals surface area contributed by atoms with Crippen molar-refractivity contribution in [1.82, 2.24) is 34.2 Å². The second-order valence-electron chi connectivity index (χ2n) is 10.4. The number of nitrogens with two attached hydrogens (primary N) is 2. The van der Waals surface area contributed by atoms with Gasteiger partial charge in [-0.25, -0.2) is 29.0 Å². The van der Waals surface area contributed by atoms with Gasteiger partial charge in [-0.3, -0.25) is 33.4 Å². The van der Waals surface area contributed by atoms with Gasteiger partial charge in [0, 0.05) is 12.8 Å². The number of rotatable bonds is 5. The van der Waals surface area contributed by atoms with Crippen LogP contribution in [0.1, 0.15) is 23.8 Å². The van der Waals surface area contributed by atoms with Crippen molar-refractivity contribution in [3.05, 3.63) is 34.4 Å². The molecule has 6 heterocycles. The number of nitrogens with zero attached hydrogens (tertiary/aromatic N) is 6. The number of nitrogens with one attached hydrogen (secondary N) is 3. The fourth-order valence-electron chi connectivity index (χ4n) is 5.60. The standard InChI is InChI=1S/C22H30FN11O9P2S/c1-8-12(17(25)27-5-24)28-6-33(8)20-11(23)13-9(41-20)4-40-45(37,46)43-16-15(38-2)10(3-39-44(36)32-13)42-21(16)34-7-29-14-18(34)30-22(26)31-19(14)35/h5-7,9-11,13,15-16,20-21,44H,3-4H2,1-2H3,(H,32,36)(H,37,46)(H3,24,25,27)(H3,26,30,31,35)/t9?,10?,11?,13?,15?,16?,20?,21?,45-/m0/s1. The number of fused-ring (bicyclic) bond motifs is 4. The summed E-state index contributed by atoms with van der Waals surface area (Å²) in [6.45, 7) is -3.56. The van der Waals surface area contributed by atoms with Crippen LogP contribution in [0.2, 0.25) is 0 Å². The Kier molecular flexibility index (Phi) is 9.20. The molecule has 2 bridgehead atoms. The number of nitrogen functional groups attached to an aromatic ring is 1. The highest BCUT2D eigenvalue weighted by Gasteiger charge is 2.52. The van der Waals surface area contributed by atoms with Gasteiger partial charge in [0.1, 0.15) is 36.4 Å². The topological polar surface area (TPSA) is 271 Å². The van der Waals surface area contributed by atoms with Crippen LogP contribution in [0.5, 0.6) is 0 Å². The number of aliphatic imine (C=N–C) groups is 1. The molecular weight excluding hydrogens is 675 g/mol. The Morgan fingerprint density at radius 3 is 2.76 bits per heavy atom. The highest BCUT2D eigenvalue weighted by molar-refractivity contribution is 8.44. The lowest BCUT2D eigenvalue weighted by molar-refractivity contribution is -0.0503. The number of ether oxygens (including phenoxy) is 3. The van der Waals surface area contributed by atoms with Crippen LogP contribution in [0, 0.1) is 12.3 Å². The summed E-state index contributed by atoms with van der Waals surface area (Å²) in [5.74, 6) is -0.247. The summed E-state index contributed by atoms with van der Waals surface area (Å²) in [4.78, 5) is 30.8. The molecule has 3 aliphatic rings. The molecule has 0 aromatic carbocycles. The van der Waals surface area contributed by atoms with Gasteiger partial charge in [-0.2, -0.15) is 4.98 Å². The zero-order valence-electron chi connectivity index (χ0n) is 24.0. The normalized spacial score (nSPS) is 35.7. The number of anilines is 1. The summed E-state index contributed by atoms with van der Waals surface area (Å²) in [6.07, 6.45) is -5.38. The van der Waals surface area contributed by atoms with Crippen LogP contribution < -0.4 is 22.1 Å². The van der Waals surface area contributed by atoms with Crippen LogP contribution in [-0.4, -0.2) is 98.2 Å². The van der Waals surface area contributed by atoms with Gasteiger partial charge in [0.25, 0.3) is 13.7 Å². The highest BCUT2D eigenvalue weighted by atomic mass is 32.7. The van der Waals surface area contributed by atoms with Gasteiger partial charge in [0.2, 0.25) is 5.95 Å². The van der Waals surface area contributed by atoms with E-state index in [0.717, 1.165) is 6.34 Å². The van der Waals surface area contributed by atoms with Gasteiger partial charge < -0.3 is 34.8 Å². The molecule has 9 unspecified atom stereocenters. The number of hydrogen-bond acceptors (Lipinski definition) is 14. The third kappa shape index (κ3) is 6.05. The summed E-state index contributed by atoms with van der Waals surface area (Å²) < 4.78 is 80.2. The van der Waals surface area contributed by atoms with E-state index in [4.69, 9.17) is 44.7 Å². The van der Waals surface area contributed by atoms with E-state index in [1.54, 1.807) is 6.92 Å². The molecule has 6 rings (SSSR count). The molecular formula is C22H30FN11O9P2S. The number of amidine groups is 1. The lowest BCUT2D eigenvalue weighted by atomic mass is 10.1. The average Bonchev–Trinajstić information content (AvgIpc) is 3.75. The third-order valence-electron chi connectivity index (χ3n) is 7.69. The molecule has 24 heteroatoms. The molecule has 0 saturated carbocycles. The zero-order chi connectivity index (χ0) is 32.9. The van der Waals surface area contributed by atoms with E-state index in [1.807, 2.05) is 0 Å². The first-order valence-electron chi connectivity index (χ1n) is 13.6. The summed E-state index contributed by atoms with van der Waals surface area (Å²) >= 11 is 4.15. The maximum atomic E-state index is 16.0. The molecule has 3 saturated heterocycles. The lowest BCUT2D eigenvalue weighted by Crippen LogP contribution is -2.41. The van der Waals surface area contributed by atoms with E-state index < -0.39 is 76.2 Å². The van der Waals surface area contributed by atoms with Gasteiger partial charge >= 0.3 is 6.80 Å². The Labute approximate surface area is 264 Å². The Balaban J connectivity index is 1.30. The summed E-state index contributed by atoms with van der Waals surface area (Å²) in [5, 5.41) is 9.77. The predicted molar refractivity (Wildman–Crippen MR) is 162 cm³/mol. The first-order chi connectivity index (χ1) is 21.9. The van der Waals surface area contributed by atoms with Crippen molar-refractivity contribution in [2.45, 2.75) is 56.0 Å². The number of imidazole rings is 2. The van der Waals surface area contributed by atoms with E-state index in [0.29, 0.717) is 5.69 Å². The minimum Gasteiger partial charge on any atom is -0.382 e. The maximum Gasteiger partial charge on any atom is 0.386 e. The summed E-state index contributed by atoms with van der Waals surface area (Å²) in [6, 6.07) is -1.26. The zero-order valence-corrected chi connectivity index (χ0v) is 26.8. The Morgan fingerprint density at radius 1 is 1.28 bits per heavy atom. The summed E-state index contributed by atoms with van der Waals surface area (Å²) in [5.41, 5.74) is 11.6. The van der Waals surface area contributed by atoms with E-state index in [-0.39, 0.29) is 35.2 Å². The number of methoxy groups -OCH3 is 1.